The van der Waals surface area contributed by atoms with Crippen molar-refractivity contribution in [1.29, 1.82) is 0 Å². The molecule has 5 nitrogen and oxygen atoms in total. The van der Waals surface area contributed by atoms with Gasteiger partial charge in [0.2, 0.25) is 5.91 Å². The van der Waals surface area contributed by atoms with Crippen molar-refractivity contribution < 1.29 is 23.5 Å². The average molecular weight is 331 g/mol. The third kappa shape index (κ3) is 4.55. The van der Waals surface area contributed by atoms with Crippen LogP contribution in [0.5, 0.6) is 11.5 Å². The molecule has 0 spiro atoms. The van der Waals surface area contributed by atoms with Crippen LogP contribution in [0, 0.1) is 5.82 Å². The van der Waals surface area contributed by atoms with E-state index in [-0.39, 0.29) is 30.3 Å². The van der Waals surface area contributed by atoms with E-state index in [4.69, 9.17) is 9.47 Å². The molecular formula is C18H18FNO4. The molecule has 0 aliphatic carbocycles. The Balaban J connectivity index is 1.95. The van der Waals surface area contributed by atoms with Crippen LogP contribution in [-0.4, -0.2) is 25.9 Å². The third-order valence-electron chi connectivity index (χ3n) is 3.42. The van der Waals surface area contributed by atoms with Crippen molar-refractivity contribution in [2.24, 2.45) is 0 Å². The molecule has 0 fully saturated rings. The Morgan fingerprint density at radius 1 is 1.00 bits per heavy atom. The molecule has 0 atom stereocenters. The normalized spacial score (nSPS) is 10.1. The van der Waals surface area contributed by atoms with Gasteiger partial charge >= 0.3 is 0 Å². The smallest absolute Gasteiger partial charge is 0.224 e. The number of ether oxygens (including phenoxy) is 2. The van der Waals surface area contributed by atoms with E-state index in [0.29, 0.717) is 22.7 Å². The summed E-state index contributed by atoms with van der Waals surface area (Å²) < 4.78 is 23.1. The fourth-order valence-electron chi connectivity index (χ4n) is 2.15. The molecule has 0 bridgehead atoms. The maximum absolute atomic E-state index is 12.8. The molecular weight excluding hydrogens is 313 g/mol. The fourth-order valence-corrected chi connectivity index (χ4v) is 2.15. The van der Waals surface area contributed by atoms with Crippen LogP contribution in [0.4, 0.5) is 10.1 Å². The van der Waals surface area contributed by atoms with Gasteiger partial charge in [-0.05, 0) is 36.4 Å². The lowest BCUT2D eigenvalue weighted by atomic mass is 10.0. The number of amides is 1. The van der Waals surface area contributed by atoms with Gasteiger partial charge in [0.05, 0.1) is 19.8 Å². The largest absolute Gasteiger partial charge is 0.497 e. The molecule has 24 heavy (non-hydrogen) atoms. The highest BCUT2D eigenvalue weighted by atomic mass is 19.1. The number of nitrogens with one attached hydrogen (secondary N) is 1. The summed E-state index contributed by atoms with van der Waals surface area (Å²) in [6.45, 7) is 0. The van der Waals surface area contributed by atoms with Crippen LogP contribution in [0.3, 0.4) is 0 Å². The summed E-state index contributed by atoms with van der Waals surface area (Å²) in [7, 11) is 2.99. The van der Waals surface area contributed by atoms with Crippen LogP contribution in [0.25, 0.3) is 0 Å². The first-order valence-corrected chi connectivity index (χ1v) is 7.34. The number of hydrogen-bond donors (Lipinski definition) is 1. The van der Waals surface area contributed by atoms with Crippen molar-refractivity contribution in [1.82, 2.24) is 0 Å². The van der Waals surface area contributed by atoms with E-state index in [1.54, 1.807) is 18.2 Å². The van der Waals surface area contributed by atoms with Crippen molar-refractivity contribution in [3.63, 3.8) is 0 Å². The van der Waals surface area contributed by atoms with E-state index in [1.165, 1.54) is 38.5 Å². The molecule has 6 heteroatoms. The molecule has 0 saturated carbocycles. The zero-order valence-electron chi connectivity index (χ0n) is 13.5. The van der Waals surface area contributed by atoms with Gasteiger partial charge in [0, 0.05) is 24.6 Å². The summed E-state index contributed by atoms with van der Waals surface area (Å²) in [6, 6.07) is 10.3. The van der Waals surface area contributed by atoms with E-state index in [9.17, 15) is 14.0 Å². The van der Waals surface area contributed by atoms with E-state index in [0.717, 1.165) is 0 Å². The molecule has 2 rings (SSSR count). The number of benzene rings is 2. The summed E-state index contributed by atoms with van der Waals surface area (Å²) in [6.07, 6.45) is 0.0567. The Hall–Kier alpha value is -2.89. The summed E-state index contributed by atoms with van der Waals surface area (Å²) in [4.78, 5) is 24.2. The molecule has 0 saturated heterocycles. The zero-order chi connectivity index (χ0) is 17.5. The highest BCUT2D eigenvalue weighted by molar-refractivity contribution is 6.01. The SMILES string of the molecule is COc1ccc(C(=O)CCC(=O)Nc2ccc(F)cc2)c(OC)c1. The second kappa shape index (κ2) is 8.10. The molecule has 1 amide bonds. The Morgan fingerprint density at radius 2 is 1.71 bits per heavy atom. The van der Waals surface area contributed by atoms with Crippen molar-refractivity contribution in [2.75, 3.05) is 19.5 Å². The lowest BCUT2D eigenvalue weighted by Crippen LogP contribution is -2.13. The van der Waals surface area contributed by atoms with Crippen molar-refractivity contribution in [2.45, 2.75) is 12.8 Å². The summed E-state index contributed by atoms with van der Waals surface area (Å²) in [5.74, 6) is 0.0803. The molecule has 126 valence electrons. The van der Waals surface area contributed by atoms with Crippen LogP contribution in [0.15, 0.2) is 42.5 Å². The van der Waals surface area contributed by atoms with Crippen molar-refractivity contribution in [3.8, 4) is 11.5 Å². The number of carbonyl (C=O) groups is 2. The van der Waals surface area contributed by atoms with Crippen LogP contribution in [0.1, 0.15) is 23.2 Å². The lowest BCUT2D eigenvalue weighted by molar-refractivity contribution is -0.116. The van der Waals surface area contributed by atoms with Crippen LogP contribution in [-0.2, 0) is 4.79 Å². The Bertz CT molecular complexity index is 728. The predicted molar refractivity (Wildman–Crippen MR) is 88.1 cm³/mol. The standard InChI is InChI=1S/C18H18FNO4/c1-23-14-7-8-15(17(11-14)24-2)16(21)9-10-18(22)20-13-5-3-12(19)4-6-13/h3-8,11H,9-10H2,1-2H3,(H,20,22). The molecule has 2 aromatic carbocycles. The first kappa shape index (κ1) is 17.5. The number of carbonyl (C=O) groups excluding carboxylic acids is 2. The first-order valence-electron chi connectivity index (χ1n) is 7.34. The molecule has 0 aromatic heterocycles. The maximum Gasteiger partial charge on any atom is 0.224 e. The number of anilines is 1. The highest BCUT2D eigenvalue weighted by Crippen LogP contribution is 2.26. The average Bonchev–Trinajstić information content (AvgIpc) is 2.61. The molecule has 0 unspecified atom stereocenters. The van der Waals surface area contributed by atoms with Crippen molar-refractivity contribution >= 4 is 17.4 Å². The van der Waals surface area contributed by atoms with Gasteiger partial charge in [0.25, 0.3) is 0 Å². The monoisotopic (exact) mass is 331 g/mol. The fraction of sp³-hybridized carbons (Fsp3) is 0.222. The van der Waals surface area contributed by atoms with Gasteiger partial charge in [-0.1, -0.05) is 0 Å². The zero-order valence-corrected chi connectivity index (χ0v) is 13.5. The molecule has 0 aliphatic heterocycles. The van der Waals surface area contributed by atoms with Gasteiger partial charge in [-0.25, -0.2) is 4.39 Å². The molecule has 1 N–H and O–H groups in total. The van der Waals surface area contributed by atoms with Gasteiger partial charge in [0.15, 0.2) is 5.78 Å². The maximum atomic E-state index is 12.8. The van der Waals surface area contributed by atoms with Gasteiger partial charge in [-0.2, -0.15) is 0 Å². The second-order valence-electron chi connectivity index (χ2n) is 5.04. The van der Waals surface area contributed by atoms with E-state index < -0.39 is 0 Å². The molecule has 0 aliphatic rings. The van der Waals surface area contributed by atoms with E-state index >= 15 is 0 Å². The molecule has 2 aromatic rings. The molecule has 0 heterocycles. The lowest BCUT2D eigenvalue weighted by Gasteiger charge is -2.10. The third-order valence-corrected chi connectivity index (χ3v) is 3.42. The van der Waals surface area contributed by atoms with Crippen molar-refractivity contribution in [3.05, 3.63) is 53.8 Å². The van der Waals surface area contributed by atoms with Gasteiger partial charge in [0.1, 0.15) is 17.3 Å². The number of ketones is 1. The minimum Gasteiger partial charge on any atom is -0.497 e. The van der Waals surface area contributed by atoms with Crippen LogP contribution in [0.2, 0.25) is 0 Å². The highest BCUT2D eigenvalue weighted by Gasteiger charge is 2.15. The summed E-state index contributed by atoms with van der Waals surface area (Å²) in [5.41, 5.74) is 0.878. The number of halogens is 1. The number of rotatable bonds is 7. The Labute approximate surface area is 139 Å². The summed E-state index contributed by atoms with van der Waals surface area (Å²) >= 11 is 0. The first-order chi connectivity index (χ1) is 11.5. The second-order valence-corrected chi connectivity index (χ2v) is 5.04. The summed E-state index contributed by atoms with van der Waals surface area (Å²) in [5, 5.41) is 2.61. The van der Waals surface area contributed by atoms with Gasteiger partial charge in [-0.15, -0.1) is 0 Å². The predicted octanol–water partition coefficient (Wildman–Crippen LogP) is 3.44. The van der Waals surface area contributed by atoms with Gasteiger partial charge < -0.3 is 14.8 Å². The Kier molecular flexibility index (Phi) is 5.89. The number of Topliss-reactive ketones (excluding diaryl/α,β-unsaturated/α-hetero) is 1. The number of hydrogen-bond acceptors (Lipinski definition) is 4. The van der Waals surface area contributed by atoms with Gasteiger partial charge in [-0.3, -0.25) is 9.59 Å². The quantitative estimate of drug-likeness (QED) is 0.789. The molecule has 0 radical (unpaired) electrons. The van der Waals surface area contributed by atoms with Crippen LogP contribution >= 0.6 is 0 Å². The Morgan fingerprint density at radius 3 is 2.33 bits per heavy atom. The van der Waals surface area contributed by atoms with E-state index in [2.05, 4.69) is 5.32 Å². The minimum absolute atomic E-state index is 0.0192. The minimum atomic E-state index is -0.380. The van der Waals surface area contributed by atoms with E-state index in [1.807, 2.05) is 0 Å². The van der Waals surface area contributed by atoms with Crippen LogP contribution < -0.4 is 14.8 Å². The number of methoxy groups -OCH3 is 2. The topological polar surface area (TPSA) is 64.6 Å².